The van der Waals surface area contributed by atoms with Crippen LogP contribution in [0, 0.1) is 6.92 Å². The Labute approximate surface area is 103 Å². The predicted octanol–water partition coefficient (Wildman–Crippen LogP) is 1.01. The van der Waals surface area contributed by atoms with E-state index in [1.165, 1.54) is 0 Å². The van der Waals surface area contributed by atoms with Crippen molar-refractivity contribution in [2.75, 3.05) is 12.8 Å². The Kier molecular flexibility index (Phi) is 4.35. The zero-order valence-corrected chi connectivity index (χ0v) is 11.5. The zero-order valence-electron chi connectivity index (χ0n) is 10.7. The quantitative estimate of drug-likeness (QED) is 0.800. The Bertz CT molecular complexity index is 463. The van der Waals surface area contributed by atoms with Gasteiger partial charge in [-0.15, -0.1) is 0 Å². The molecule has 1 aromatic rings. The second-order valence-corrected chi connectivity index (χ2v) is 6.62. The van der Waals surface area contributed by atoms with Crippen molar-refractivity contribution in [1.82, 2.24) is 10.0 Å². The first-order chi connectivity index (χ1) is 7.68. The zero-order chi connectivity index (χ0) is 13.1. The van der Waals surface area contributed by atoms with E-state index >= 15 is 0 Å². The fourth-order valence-electron chi connectivity index (χ4n) is 1.62. The summed E-state index contributed by atoms with van der Waals surface area (Å²) in [4.78, 5) is 0. The third-order valence-corrected chi connectivity index (χ3v) is 3.05. The van der Waals surface area contributed by atoms with Crippen LogP contribution in [0.4, 0.5) is 0 Å². The van der Waals surface area contributed by atoms with Gasteiger partial charge >= 0.3 is 0 Å². The molecule has 0 aliphatic carbocycles. The lowest BCUT2D eigenvalue weighted by molar-refractivity contribution is 0.399. The first kappa shape index (κ1) is 14.2. The standard InChI is InChI=1S/C11H20N2O3S/c1-9-5-6-10(16-9)7-12-8-11(2,3)13-17(4,14)15/h5-6,12-13H,7-8H2,1-4H3. The molecule has 0 amide bonds. The van der Waals surface area contributed by atoms with E-state index in [0.717, 1.165) is 17.8 Å². The second kappa shape index (κ2) is 5.20. The Morgan fingerprint density at radius 3 is 2.47 bits per heavy atom. The minimum atomic E-state index is -3.19. The predicted molar refractivity (Wildman–Crippen MR) is 67.2 cm³/mol. The maximum atomic E-state index is 11.1. The number of furan rings is 1. The van der Waals surface area contributed by atoms with Gasteiger partial charge in [-0.2, -0.15) is 0 Å². The lowest BCUT2D eigenvalue weighted by Crippen LogP contribution is -2.49. The van der Waals surface area contributed by atoms with Crippen molar-refractivity contribution in [3.05, 3.63) is 23.7 Å². The van der Waals surface area contributed by atoms with Crippen LogP contribution in [0.25, 0.3) is 0 Å². The largest absolute Gasteiger partial charge is 0.465 e. The summed E-state index contributed by atoms with van der Waals surface area (Å²) in [6.07, 6.45) is 1.16. The normalized spacial score (nSPS) is 12.9. The molecule has 17 heavy (non-hydrogen) atoms. The topological polar surface area (TPSA) is 71.3 Å². The molecule has 98 valence electrons. The van der Waals surface area contributed by atoms with E-state index in [-0.39, 0.29) is 0 Å². The fraction of sp³-hybridized carbons (Fsp3) is 0.636. The summed E-state index contributed by atoms with van der Waals surface area (Å²) in [6, 6.07) is 3.80. The molecule has 0 spiro atoms. The van der Waals surface area contributed by atoms with E-state index in [2.05, 4.69) is 10.0 Å². The van der Waals surface area contributed by atoms with E-state index in [1.807, 2.05) is 32.9 Å². The molecule has 0 unspecified atom stereocenters. The summed E-state index contributed by atoms with van der Waals surface area (Å²) >= 11 is 0. The summed E-state index contributed by atoms with van der Waals surface area (Å²) in [5.74, 6) is 1.72. The van der Waals surface area contributed by atoms with Crippen molar-refractivity contribution in [2.24, 2.45) is 0 Å². The average Bonchev–Trinajstić information content (AvgIpc) is 2.46. The van der Waals surface area contributed by atoms with Gasteiger partial charge in [0.15, 0.2) is 0 Å². The molecule has 5 nitrogen and oxygen atoms in total. The van der Waals surface area contributed by atoms with Crippen molar-refractivity contribution < 1.29 is 12.8 Å². The Hall–Kier alpha value is -0.850. The van der Waals surface area contributed by atoms with E-state index < -0.39 is 15.6 Å². The molecule has 2 N–H and O–H groups in total. The maximum Gasteiger partial charge on any atom is 0.209 e. The molecule has 0 atom stereocenters. The van der Waals surface area contributed by atoms with Gasteiger partial charge in [0.25, 0.3) is 0 Å². The van der Waals surface area contributed by atoms with Crippen molar-refractivity contribution in [1.29, 1.82) is 0 Å². The van der Waals surface area contributed by atoms with Gasteiger partial charge in [-0.3, -0.25) is 0 Å². The summed E-state index contributed by atoms with van der Waals surface area (Å²) in [6.45, 7) is 6.66. The summed E-state index contributed by atoms with van der Waals surface area (Å²) in [5.41, 5.74) is -0.519. The highest BCUT2D eigenvalue weighted by Gasteiger charge is 2.21. The molecule has 0 aliphatic heterocycles. The van der Waals surface area contributed by atoms with E-state index in [1.54, 1.807) is 0 Å². The third-order valence-electron chi connectivity index (χ3n) is 2.12. The van der Waals surface area contributed by atoms with Crippen molar-refractivity contribution in [3.8, 4) is 0 Å². The number of hydrogen-bond acceptors (Lipinski definition) is 4. The van der Waals surface area contributed by atoms with Crippen LogP contribution in [0.5, 0.6) is 0 Å². The summed E-state index contributed by atoms with van der Waals surface area (Å²) in [7, 11) is -3.19. The van der Waals surface area contributed by atoms with Gasteiger partial charge in [-0.1, -0.05) is 0 Å². The number of hydrogen-bond donors (Lipinski definition) is 2. The molecule has 0 aromatic carbocycles. The lowest BCUT2D eigenvalue weighted by Gasteiger charge is -2.25. The van der Waals surface area contributed by atoms with E-state index in [4.69, 9.17) is 4.42 Å². The molecule has 1 heterocycles. The minimum Gasteiger partial charge on any atom is -0.465 e. The summed E-state index contributed by atoms with van der Waals surface area (Å²) < 4.78 is 30.2. The number of sulfonamides is 1. The molecule has 1 aromatic heterocycles. The Morgan fingerprint density at radius 1 is 1.35 bits per heavy atom. The van der Waals surface area contributed by atoms with Crippen LogP contribution in [0.3, 0.4) is 0 Å². The fourth-order valence-corrected chi connectivity index (χ4v) is 2.69. The van der Waals surface area contributed by atoms with Gasteiger partial charge in [0.2, 0.25) is 10.0 Å². The van der Waals surface area contributed by atoms with Crippen molar-refractivity contribution in [2.45, 2.75) is 32.9 Å². The molecular formula is C11H20N2O3S. The monoisotopic (exact) mass is 260 g/mol. The van der Waals surface area contributed by atoms with Crippen LogP contribution in [-0.2, 0) is 16.6 Å². The molecule has 1 rings (SSSR count). The number of nitrogens with one attached hydrogen (secondary N) is 2. The van der Waals surface area contributed by atoms with E-state index in [9.17, 15) is 8.42 Å². The molecule has 6 heteroatoms. The number of aryl methyl sites for hydroxylation is 1. The van der Waals surface area contributed by atoms with Crippen LogP contribution in [0.15, 0.2) is 16.5 Å². The highest BCUT2D eigenvalue weighted by Crippen LogP contribution is 2.07. The summed E-state index contributed by atoms with van der Waals surface area (Å²) in [5, 5.41) is 3.16. The lowest BCUT2D eigenvalue weighted by atomic mass is 10.1. The second-order valence-electron chi connectivity index (χ2n) is 4.87. The molecule has 0 bridgehead atoms. The van der Waals surface area contributed by atoms with Crippen LogP contribution in [-0.4, -0.2) is 26.8 Å². The Morgan fingerprint density at radius 2 is 2.00 bits per heavy atom. The van der Waals surface area contributed by atoms with Gasteiger partial charge in [-0.05, 0) is 32.9 Å². The first-order valence-electron chi connectivity index (χ1n) is 5.43. The SMILES string of the molecule is Cc1ccc(CNCC(C)(C)NS(C)(=O)=O)o1. The molecule has 0 aliphatic rings. The highest BCUT2D eigenvalue weighted by molar-refractivity contribution is 7.88. The van der Waals surface area contributed by atoms with Crippen LogP contribution < -0.4 is 10.0 Å². The average molecular weight is 260 g/mol. The smallest absolute Gasteiger partial charge is 0.209 e. The van der Waals surface area contributed by atoms with Crippen molar-refractivity contribution >= 4 is 10.0 Å². The third kappa shape index (κ3) is 5.86. The molecule has 0 saturated carbocycles. The maximum absolute atomic E-state index is 11.1. The van der Waals surface area contributed by atoms with Gasteiger partial charge in [0.05, 0.1) is 12.8 Å². The van der Waals surface area contributed by atoms with E-state index in [0.29, 0.717) is 13.1 Å². The van der Waals surface area contributed by atoms with Crippen LogP contribution in [0.1, 0.15) is 25.4 Å². The number of rotatable bonds is 6. The Balaban J connectivity index is 2.40. The van der Waals surface area contributed by atoms with Gasteiger partial charge in [0.1, 0.15) is 11.5 Å². The van der Waals surface area contributed by atoms with Gasteiger partial charge in [0, 0.05) is 12.1 Å². The first-order valence-corrected chi connectivity index (χ1v) is 7.32. The van der Waals surface area contributed by atoms with Gasteiger partial charge in [-0.25, -0.2) is 13.1 Å². The van der Waals surface area contributed by atoms with Gasteiger partial charge < -0.3 is 9.73 Å². The highest BCUT2D eigenvalue weighted by atomic mass is 32.2. The molecule has 0 radical (unpaired) electrons. The van der Waals surface area contributed by atoms with Crippen LogP contribution >= 0.6 is 0 Å². The van der Waals surface area contributed by atoms with Crippen molar-refractivity contribution in [3.63, 3.8) is 0 Å². The molecule has 0 saturated heterocycles. The molecular weight excluding hydrogens is 240 g/mol. The minimum absolute atomic E-state index is 0.519. The molecule has 0 fully saturated rings. The van der Waals surface area contributed by atoms with Crippen LogP contribution in [0.2, 0.25) is 0 Å².